The molecule has 0 spiro atoms. The number of amides is 3. The van der Waals surface area contributed by atoms with Gasteiger partial charge < -0.3 is 16.8 Å². The number of carbonyl (C=O) groups excluding carboxylic acids is 2. The molecule has 27 heavy (non-hydrogen) atoms. The van der Waals surface area contributed by atoms with E-state index in [1.807, 2.05) is 0 Å². The van der Waals surface area contributed by atoms with Crippen LogP contribution in [0.2, 0.25) is 0 Å². The molecule has 0 bridgehead atoms. The van der Waals surface area contributed by atoms with Gasteiger partial charge in [0.05, 0.1) is 22.2 Å². The minimum absolute atomic E-state index is 0.170. The Hall–Kier alpha value is -2.89. The van der Waals surface area contributed by atoms with Crippen molar-refractivity contribution >= 4 is 29.0 Å². The number of hydrogen-bond donors (Lipinski definition) is 3. The van der Waals surface area contributed by atoms with Crippen molar-refractivity contribution in [2.75, 3.05) is 18.0 Å². The van der Waals surface area contributed by atoms with E-state index in [9.17, 15) is 14.0 Å². The lowest BCUT2D eigenvalue weighted by atomic mass is 10.1. The molecule has 1 fully saturated rings. The van der Waals surface area contributed by atoms with Crippen molar-refractivity contribution in [3.63, 3.8) is 0 Å². The molecule has 0 unspecified atom stereocenters. The highest BCUT2D eigenvalue weighted by Gasteiger charge is 2.29. The average Bonchev–Trinajstić information content (AvgIpc) is 3.06. The smallest absolute Gasteiger partial charge is 0.319 e. The first-order valence-corrected chi connectivity index (χ1v) is 9.28. The van der Waals surface area contributed by atoms with Gasteiger partial charge in [-0.25, -0.2) is 9.18 Å². The predicted octanol–water partition coefficient (Wildman–Crippen LogP) is 2.02. The molecule has 0 radical (unpaired) electrons. The number of nitrogens with two attached hydrogens (primary N) is 2. The largest absolute Gasteiger partial charge is 0.365 e. The van der Waals surface area contributed by atoms with E-state index in [1.165, 1.54) is 11.0 Å². The summed E-state index contributed by atoms with van der Waals surface area (Å²) in [6.07, 6.45) is 1.66. The summed E-state index contributed by atoms with van der Waals surface area (Å²) in [5.74, 6) is 4.49. The van der Waals surface area contributed by atoms with Crippen LogP contribution >= 0.6 is 11.3 Å². The number of hydrogen-bond acceptors (Lipinski definition) is 4. The summed E-state index contributed by atoms with van der Waals surface area (Å²) in [4.78, 5) is 26.1. The molecule has 1 aliphatic rings. The van der Waals surface area contributed by atoms with Gasteiger partial charge in [0, 0.05) is 6.54 Å². The second-order valence-electron chi connectivity index (χ2n) is 6.13. The molecular weight excluding hydrogens is 367 g/mol. The number of anilines is 1. The van der Waals surface area contributed by atoms with E-state index >= 15 is 0 Å². The van der Waals surface area contributed by atoms with Crippen LogP contribution in [0.4, 0.5) is 14.9 Å². The van der Waals surface area contributed by atoms with Crippen LogP contribution in [0.15, 0.2) is 30.3 Å². The summed E-state index contributed by atoms with van der Waals surface area (Å²) >= 11 is 1.06. The lowest BCUT2D eigenvalue weighted by Crippen LogP contribution is -2.51. The van der Waals surface area contributed by atoms with Crippen LogP contribution in [0.3, 0.4) is 0 Å². The van der Waals surface area contributed by atoms with Gasteiger partial charge in [0.15, 0.2) is 0 Å². The Balaban J connectivity index is 1.99. The van der Waals surface area contributed by atoms with Crippen molar-refractivity contribution in [2.45, 2.75) is 18.9 Å². The molecule has 140 valence electrons. The summed E-state index contributed by atoms with van der Waals surface area (Å²) in [6, 6.07) is 6.94. The molecule has 1 aromatic heterocycles. The molecule has 0 aliphatic carbocycles. The predicted molar refractivity (Wildman–Crippen MR) is 103 cm³/mol. The van der Waals surface area contributed by atoms with Gasteiger partial charge in [-0.3, -0.25) is 9.69 Å². The number of rotatable bonds is 3. The number of nitrogens with one attached hydrogen (secondary N) is 1. The van der Waals surface area contributed by atoms with E-state index in [0.29, 0.717) is 17.1 Å². The Morgan fingerprint density at radius 2 is 2.04 bits per heavy atom. The molecule has 5 N–H and O–H groups in total. The minimum atomic E-state index is -0.663. The highest BCUT2D eigenvalue weighted by atomic mass is 32.1. The molecule has 6 nitrogen and oxygen atoms in total. The maximum atomic E-state index is 13.7. The molecule has 2 aromatic rings. The van der Waals surface area contributed by atoms with Crippen LogP contribution in [-0.2, 0) is 0 Å². The van der Waals surface area contributed by atoms with Gasteiger partial charge >= 0.3 is 6.03 Å². The fourth-order valence-corrected chi connectivity index (χ4v) is 3.89. The zero-order valence-electron chi connectivity index (χ0n) is 14.5. The second kappa shape index (κ2) is 8.20. The summed E-state index contributed by atoms with van der Waals surface area (Å²) in [5.41, 5.74) is 11.7. The number of primary amides is 2. The number of thiophene rings is 1. The summed E-state index contributed by atoms with van der Waals surface area (Å²) in [5, 5.41) is 3.22. The number of nitrogens with zero attached hydrogens (tertiary/aromatic N) is 1. The van der Waals surface area contributed by atoms with E-state index in [-0.39, 0.29) is 16.5 Å². The molecular formula is C19H19FN4O2S. The number of benzene rings is 1. The number of urea groups is 1. The first-order valence-electron chi connectivity index (χ1n) is 8.47. The molecule has 1 saturated heterocycles. The van der Waals surface area contributed by atoms with Gasteiger partial charge in [0.1, 0.15) is 10.7 Å². The molecule has 0 saturated carbocycles. The lowest BCUT2D eigenvalue weighted by molar-refractivity contribution is 0.100. The zero-order chi connectivity index (χ0) is 19.4. The van der Waals surface area contributed by atoms with E-state index in [1.54, 1.807) is 24.3 Å². The third kappa shape index (κ3) is 4.27. The Bertz CT molecular complexity index is 925. The third-order valence-corrected chi connectivity index (χ3v) is 5.32. The van der Waals surface area contributed by atoms with E-state index in [4.69, 9.17) is 11.5 Å². The van der Waals surface area contributed by atoms with E-state index < -0.39 is 17.8 Å². The Labute approximate surface area is 160 Å². The monoisotopic (exact) mass is 386 g/mol. The third-order valence-electron chi connectivity index (χ3n) is 4.26. The van der Waals surface area contributed by atoms with Crippen molar-refractivity contribution in [3.05, 3.63) is 51.5 Å². The molecule has 3 amide bonds. The summed E-state index contributed by atoms with van der Waals surface area (Å²) < 4.78 is 13.7. The highest BCUT2D eigenvalue weighted by Crippen LogP contribution is 2.32. The van der Waals surface area contributed by atoms with Crippen molar-refractivity contribution < 1.29 is 14.0 Å². The first kappa shape index (κ1) is 18.9. The summed E-state index contributed by atoms with van der Waals surface area (Å²) in [6.45, 7) is 1.45. The van der Waals surface area contributed by atoms with Crippen LogP contribution in [0.25, 0.3) is 0 Å². The van der Waals surface area contributed by atoms with Crippen molar-refractivity contribution in [1.82, 2.24) is 5.32 Å². The Morgan fingerprint density at radius 1 is 1.26 bits per heavy atom. The van der Waals surface area contributed by atoms with Crippen LogP contribution in [0, 0.1) is 17.7 Å². The number of piperidine rings is 1. The topological polar surface area (TPSA) is 101 Å². The fourth-order valence-electron chi connectivity index (χ4n) is 3.04. The van der Waals surface area contributed by atoms with Crippen LogP contribution in [-0.4, -0.2) is 31.1 Å². The van der Waals surface area contributed by atoms with Gasteiger partial charge in [-0.1, -0.05) is 24.0 Å². The average molecular weight is 386 g/mol. The van der Waals surface area contributed by atoms with Crippen molar-refractivity contribution in [2.24, 2.45) is 11.5 Å². The lowest BCUT2D eigenvalue weighted by Gasteiger charge is -2.33. The normalized spacial score (nSPS) is 16.3. The molecule has 1 aromatic carbocycles. The van der Waals surface area contributed by atoms with Crippen LogP contribution < -0.4 is 21.7 Å². The van der Waals surface area contributed by atoms with Gasteiger partial charge in [-0.2, -0.15) is 0 Å². The van der Waals surface area contributed by atoms with E-state index in [2.05, 4.69) is 17.2 Å². The Kier molecular flexibility index (Phi) is 5.74. The molecule has 2 heterocycles. The maximum Gasteiger partial charge on any atom is 0.319 e. The number of halogens is 1. The van der Waals surface area contributed by atoms with Crippen molar-refractivity contribution in [3.8, 4) is 11.8 Å². The SMILES string of the molecule is NC(=O)c1sc(C#Cc2ccccc2F)cc1N(C(N)=O)[C@H]1CCCNC1. The minimum Gasteiger partial charge on any atom is -0.365 e. The van der Waals surface area contributed by atoms with Gasteiger partial charge in [-0.05, 0) is 37.6 Å². The molecule has 1 aliphatic heterocycles. The van der Waals surface area contributed by atoms with Crippen LogP contribution in [0.1, 0.15) is 33.0 Å². The Morgan fingerprint density at radius 3 is 2.67 bits per heavy atom. The van der Waals surface area contributed by atoms with Crippen molar-refractivity contribution in [1.29, 1.82) is 0 Å². The molecule has 1 atom stereocenters. The maximum absolute atomic E-state index is 13.7. The molecule has 3 rings (SSSR count). The second-order valence-corrected chi connectivity index (χ2v) is 7.18. The van der Waals surface area contributed by atoms with Gasteiger partial charge in [0.2, 0.25) is 0 Å². The van der Waals surface area contributed by atoms with E-state index in [0.717, 1.165) is 30.7 Å². The van der Waals surface area contributed by atoms with Gasteiger partial charge in [-0.15, -0.1) is 11.3 Å². The quantitative estimate of drug-likeness (QED) is 0.704. The fraction of sp³-hybridized carbons (Fsp3) is 0.263. The number of carbonyl (C=O) groups is 2. The summed E-state index contributed by atoms with van der Waals surface area (Å²) in [7, 11) is 0. The highest BCUT2D eigenvalue weighted by molar-refractivity contribution is 7.15. The van der Waals surface area contributed by atoms with Crippen LogP contribution in [0.5, 0.6) is 0 Å². The standard InChI is InChI=1S/C19H19FN4O2S/c20-15-6-2-1-4-12(15)7-8-14-10-16(17(27-14)18(21)25)24(19(22)26)13-5-3-9-23-11-13/h1-2,4,6,10,13,23H,3,5,9,11H2,(H2,21,25)(H2,22,26)/t13-/m0/s1. The van der Waals surface area contributed by atoms with Gasteiger partial charge in [0.25, 0.3) is 5.91 Å². The molecule has 8 heteroatoms. The zero-order valence-corrected chi connectivity index (χ0v) is 15.3. The first-order chi connectivity index (χ1) is 13.0.